The van der Waals surface area contributed by atoms with Crippen molar-refractivity contribution in [3.05, 3.63) is 60.4 Å². The Balaban J connectivity index is 1.43. The number of para-hydroxylation sites is 2. The highest BCUT2D eigenvalue weighted by atomic mass is 32.2. The molecule has 0 aliphatic rings. The summed E-state index contributed by atoms with van der Waals surface area (Å²) in [6, 6.07) is 17.8. The quantitative estimate of drug-likeness (QED) is 0.324. The smallest absolute Gasteiger partial charge is 0.240 e. The van der Waals surface area contributed by atoms with Gasteiger partial charge in [0.1, 0.15) is 5.82 Å². The maximum atomic E-state index is 12.9. The third kappa shape index (κ3) is 4.94. The minimum atomic E-state index is -0.274. The second kappa shape index (κ2) is 9.84. The lowest BCUT2D eigenvalue weighted by Crippen LogP contribution is -2.33. The zero-order valence-electron chi connectivity index (χ0n) is 17.6. The summed E-state index contributed by atoms with van der Waals surface area (Å²) < 4.78 is 4.29. The van der Waals surface area contributed by atoms with E-state index < -0.39 is 0 Å². The molecule has 6 nitrogen and oxygen atoms in total. The molecule has 0 saturated heterocycles. The van der Waals surface area contributed by atoms with Gasteiger partial charge in [0.2, 0.25) is 5.91 Å². The molecule has 1 atom stereocenters. The first-order valence-electron chi connectivity index (χ1n) is 9.96. The number of fused-ring (bicyclic) bond motifs is 1. The number of anilines is 1. The van der Waals surface area contributed by atoms with Gasteiger partial charge in [-0.25, -0.2) is 4.98 Å². The van der Waals surface area contributed by atoms with Crippen LogP contribution in [-0.4, -0.2) is 38.0 Å². The fourth-order valence-corrected chi connectivity index (χ4v) is 6.16. The van der Waals surface area contributed by atoms with Gasteiger partial charge in [-0.2, -0.15) is 0 Å². The molecule has 1 unspecified atom stereocenters. The molecule has 160 valence electrons. The third-order valence-corrected chi connectivity index (χ3v) is 8.06. The van der Waals surface area contributed by atoms with Crippen molar-refractivity contribution in [3.8, 4) is 0 Å². The summed E-state index contributed by atoms with van der Waals surface area (Å²) in [5.74, 6) is 1.62. The molecular formula is C22H23N5OS3. The van der Waals surface area contributed by atoms with Crippen molar-refractivity contribution in [2.45, 2.75) is 40.9 Å². The van der Waals surface area contributed by atoms with Crippen LogP contribution in [0.4, 0.5) is 5.69 Å². The normalized spacial score (nSPS) is 12.2. The van der Waals surface area contributed by atoms with E-state index in [9.17, 15) is 4.79 Å². The SMILES string of the molecule is CCn1c(CSc2nc3ccccc3s2)nnc1SC(C)C(=O)N(C)c1ccccc1. The molecule has 2 heterocycles. The number of thiazole rings is 1. The molecule has 0 aliphatic carbocycles. The van der Waals surface area contributed by atoms with E-state index >= 15 is 0 Å². The Morgan fingerprint density at radius 2 is 1.87 bits per heavy atom. The Kier molecular flexibility index (Phi) is 6.94. The second-order valence-corrected chi connectivity index (χ2v) is 10.4. The zero-order valence-corrected chi connectivity index (χ0v) is 20.0. The molecule has 9 heteroatoms. The predicted molar refractivity (Wildman–Crippen MR) is 130 cm³/mol. The van der Waals surface area contributed by atoms with Crippen molar-refractivity contribution in [2.24, 2.45) is 0 Å². The van der Waals surface area contributed by atoms with Crippen LogP contribution in [0.25, 0.3) is 10.2 Å². The van der Waals surface area contributed by atoms with Gasteiger partial charge in [-0.3, -0.25) is 4.79 Å². The Morgan fingerprint density at radius 3 is 2.61 bits per heavy atom. The first-order valence-corrected chi connectivity index (χ1v) is 12.6. The van der Waals surface area contributed by atoms with Crippen molar-refractivity contribution in [3.63, 3.8) is 0 Å². The van der Waals surface area contributed by atoms with Crippen molar-refractivity contribution in [1.29, 1.82) is 0 Å². The highest BCUT2D eigenvalue weighted by Crippen LogP contribution is 2.32. The van der Waals surface area contributed by atoms with Gasteiger partial charge in [0.05, 0.1) is 21.2 Å². The van der Waals surface area contributed by atoms with Crippen LogP contribution in [0.3, 0.4) is 0 Å². The molecule has 0 saturated carbocycles. The second-order valence-electron chi connectivity index (χ2n) is 6.87. The van der Waals surface area contributed by atoms with Gasteiger partial charge in [-0.15, -0.1) is 21.5 Å². The van der Waals surface area contributed by atoms with Crippen LogP contribution >= 0.6 is 34.9 Å². The van der Waals surface area contributed by atoms with Gasteiger partial charge in [0, 0.05) is 19.3 Å². The molecule has 0 spiro atoms. The van der Waals surface area contributed by atoms with Crippen molar-refractivity contribution >= 4 is 56.7 Å². The lowest BCUT2D eigenvalue weighted by Gasteiger charge is -2.21. The molecule has 0 aliphatic heterocycles. The van der Waals surface area contributed by atoms with Crippen LogP contribution in [0.5, 0.6) is 0 Å². The predicted octanol–water partition coefficient (Wildman–Crippen LogP) is 5.34. The molecule has 0 fully saturated rings. The summed E-state index contributed by atoms with van der Waals surface area (Å²) in [6.07, 6.45) is 0. The molecule has 1 amide bonds. The van der Waals surface area contributed by atoms with Crippen LogP contribution < -0.4 is 4.90 Å². The number of nitrogens with zero attached hydrogens (tertiary/aromatic N) is 5. The van der Waals surface area contributed by atoms with E-state index in [1.807, 2.05) is 55.5 Å². The van der Waals surface area contributed by atoms with E-state index in [4.69, 9.17) is 0 Å². The minimum Gasteiger partial charge on any atom is -0.315 e. The third-order valence-electron chi connectivity index (χ3n) is 4.81. The lowest BCUT2D eigenvalue weighted by atomic mass is 10.3. The van der Waals surface area contributed by atoms with Gasteiger partial charge < -0.3 is 9.47 Å². The maximum absolute atomic E-state index is 12.9. The molecule has 0 bridgehead atoms. The zero-order chi connectivity index (χ0) is 21.8. The Labute approximate surface area is 194 Å². The van der Waals surface area contributed by atoms with Crippen LogP contribution in [0.1, 0.15) is 19.7 Å². The average Bonchev–Trinajstić information content (AvgIpc) is 3.40. The van der Waals surface area contributed by atoms with Crippen LogP contribution in [0.15, 0.2) is 64.1 Å². The van der Waals surface area contributed by atoms with E-state index in [2.05, 4.69) is 32.7 Å². The number of aromatic nitrogens is 4. The summed E-state index contributed by atoms with van der Waals surface area (Å²) in [7, 11) is 1.80. The number of rotatable bonds is 8. The van der Waals surface area contributed by atoms with Gasteiger partial charge in [-0.05, 0) is 38.1 Å². The van der Waals surface area contributed by atoms with Gasteiger partial charge in [-0.1, -0.05) is 53.9 Å². The van der Waals surface area contributed by atoms with E-state index in [-0.39, 0.29) is 11.2 Å². The molecule has 0 radical (unpaired) electrons. The number of carbonyl (C=O) groups is 1. The summed E-state index contributed by atoms with van der Waals surface area (Å²) >= 11 is 4.81. The fraction of sp³-hybridized carbons (Fsp3) is 0.273. The van der Waals surface area contributed by atoms with E-state index in [1.165, 1.54) is 16.5 Å². The summed E-state index contributed by atoms with van der Waals surface area (Å²) in [4.78, 5) is 19.3. The molecule has 0 N–H and O–H groups in total. The number of carbonyl (C=O) groups excluding carboxylic acids is 1. The summed E-state index contributed by atoms with van der Waals surface area (Å²) in [5, 5.41) is 9.26. The van der Waals surface area contributed by atoms with Gasteiger partial charge in [0.25, 0.3) is 0 Å². The van der Waals surface area contributed by atoms with Crippen molar-refractivity contribution in [2.75, 3.05) is 11.9 Å². The topological polar surface area (TPSA) is 63.9 Å². The Morgan fingerprint density at radius 1 is 1.13 bits per heavy atom. The summed E-state index contributed by atoms with van der Waals surface area (Å²) in [5.41, 5.74) is 1.91. The Bertz CT molecular complexity index is 1140. The Hall–Kier alpha value is -2.36. The number of benzene rings is 2. The molecular weight excluding hydrogens is 446 g/mol. The average molecular weight is 470 g/mol. The van der Waals surface area contributed by atoms with E-state index in [1.54, 1.807) is 35.0 Å². The largest absolute Gasteiger partial charge is 0.315 e. The number of hydrogen-bond acceptors (Lipinski definition) is 7. The minimum absolute atomic E-state index is 0.0345. The molecule has 2 aromatic heterocycles. The van der Waals surface area contributed by atoms with E-state index in [0.29, 0.717) is 5.75 Å². The monoisotopic (exact) mass is 469 g/mol. The van der Waals surface area contributed by atoms with Crippen molar-refractivity contribution < 1.29 is 4.79 Å². The number of thioether (sulfide) groups is 2. The standard InChI is InChI=1S/C22H23N5OS3/c1-4-27-19(14-29-22-23-17-12-8-9-13-18(17)31-22)24-25-21(27)30-15(2)20(28)26(3)16-10-6-5-7-11-16/h5-13,15H,4,14H2,1-3H3. The van der Waals surface area contributed by atoms with Crippen LogP contribution in [0.2, 0.25) is 0 Å². The lowest BCUT2D eigenvalue weighted by molar-refractivity contribution is -0.117. The van der Waals surface area contributed by atoms with Gasteiger partial charge in [0.15, 0.2) is 9.50 Å². The van der Waals surface area contributed by atoms with Gasteiger partial charge >= 0.3 is 0 Å². The highest BCUT2D eigenvalue weighted by Gasteiger charge is 2.23. The molecule has 4 rings (SSSR count). The highest BCUT2D eigenvalue weighted by molar-refractivity contribution is 8.00. The first kappa shape index (κ1) is 21.9. The fourth-order valence-electron chi connectivity index (χ4n) is 3.13. The van der Waals surface area contributed by atoms with E-state index in [0.717, 1.165) is 33.1 Å². The number of amides is 1. The van der Waals surface area contributed by atoms with Crippen LogP contribution in [-0.2, 0) is 17.1 Å². The first-order chi connectivity index (χ1) is 15.1. The molecule has 31 heavy (non-hydrogen) atoms. The number of hydrogen-bond donors (Lipinski definition) is 0. The molecule has 4 aromatic rings. The summed E-state index contributed by atoms with van der Waals surface area (Å²) in [6.45, 7) is 4.74. The maximum Gasteiger partial charge on any atom is 0.240 e. The van der Waals surface area contributed by atoms with Crippen LogP contribution in [0, 0.1) is 0 Å². The molecule has 2 aromatic carbocycles. The van der Waals surface area contributed by atoms with Crippen molar-refractivity contribution in [1.82, 2.24) is 19.7 Å².